The molecule has 0 saturated heterocycles. The summed E-state index contributed by atoms with van der Waals surface area (Å²) in [6.07, 6.45) is 3.48. The van der Waals surface area contributed by atoms with Crippen LogP contribution in [0.15, 0.2) is 36.7 Å². The number of halogens is 1. The minimum Gasteiger partial charge on any atom is -0.279 e. The molecule has 0 aliphatic heterocycles. The van der Waals surface area contributed by atoms with Gasteiger partial charge in [-0.25, -0.2) is 9.97 Å². The lowest BCUT2D eigenvalue weighted by atomic mass is 10.2. The van der Waals surface area contributed by atoms with Crippen molar-refractivity contribution in [2.75, 3.05) is 4.90 Å². The lowest BCUT2D eigenvalue weighted by Crippen LogP contribution is -2.30. The number of hydrogen-bond donors (Lipinski definition) is 0. The van der Waals surface area contributed by atoms with Crippen LogP contribution in [0.1, 0.15) is 31.5 Å². The van der Waals surface area contributed by atoms with Crippen LogP contribution in [-0.4, -0.2) is 20.9 Å². The van der Waals surface area contributed by atoms with Gasteiger partial charge >= 0.3 is 0 Å². The number of benzene rings is 1. The predicted octanol–water partition coefficient (Wildman–Crippen LogP) is 5.57. The largest absolute Gasteiger partial charge is 0.279 e. The first-order valence-electron chi connectivity index (χ1n) is 8.64. The molecular formula is C20H17ClN4OS2. The van der Waals surface area contributed by atoms with Crippen molar-refractivity contribution in [2.45, 2.75) is 27.3 Å². The first-order valence-corrected chi connectivity index (χ1v) is 10.7. The number of rotatable bonds is 4. The molecule has 5 nitrogen and oxygen atoms in total. The zero-order valence-corrected chi connectivity index (χ0v) is 18.0. The van der Waals surface area contributed by atoms with E-state index in [0.717, 1.165) is 32.0 Å². The third-order valence-electron chi connectivity index (χ3n) is 4.37. The molecule has 142 valence electrons. The van der Waals surface area contributed by atoms with Crippen LogP contribution in [0.4, 0.5) is 5.13 Å². The van der Waals surface area contributed by atoms with E-state index in [1.54, 1.807) is 17.3 Å². The van der Waals surface area contributed by atoms with E-state index < -0.39 is 0 Å². The smallest absolute Gasteiger partial charge is 0.272 e. The van der Waals surface area contributed by atoms with Gasteiger partial charge in [-0.05, 0) is 50.1 Å². The lowest BCUT2D eigenvalue weighted by Gasteiger charge is -2.19. The fourth-order valence-electron chi connectivity index (χ4n) is 2.96. The standard InChI is InChI=1S/C20H17ClN4OS2/c1-11-15(21)6-7-16-17(11)24-20(28-16)25(10-14-5-4-8-22-9-14)19(26)18-12(2)23-13(3)27-18/h4-9H,10H2,1-3H3. The van der Waals surface area contributed by atoms with Gasteiger partial charge in [-0.3, -0.25) is 14.7 Å². The van der Waals surface area contributed by atoms with E-state index in [4.69, 9.17) is 16.6 Å². The molecule has 3 aromatic heterocycles. The van der Waals surface area contributed by atoms with Gasteiger partial charge < -0.3 is 0 Å². The van der Waals surface area contributed by atoms with Crippen molar-refractivity contribution >= 4 is 55.5 Å². The maximum Gasteiger partial charge on any atom is 0.272 e. The maximum absolute atomic E-state index is 13.4. The Labute approximate surface area is 175 Å². The highest BCUT2D eigenvalue weighted by molar-refractivity contribution is 7.22. The topological polar surface area (TPSA) is 59.0 Å². The van der Waals surface area contributed by atoms with Gasteiger partial charge in [0, 0.05) is 17.4 Å². The number of aromatic nitrogens is 3. The number of fused-ring (bicyclic) bond motifs is 1. The molecule has 0 bridgehead atoms. The maximum atomic E-state index is 13.4. The SMILES string of the molecule is Cc1nc(C)c(C(=O)N(Cc2cccnc2)c2nc3c(C)c(Cl)ccc3s2)s1. The average molecular weight is 429 g/mol. The Bertz CT molecular complexity index is 1170. The van der Waals surface area contributed by atoms with Crippen LogP contribution in [0, 0.1) is 20.8 Å². The molecular weight excluding hydrogens is 412 g/mol. The summed E-state index contributed by atoms with van der Waals surface area (Å²) in [5.74, 6) is -0.102. The normalized spacial score (nSPS) is 11.1. The molecule has 1 aromatic carbocycles. The van der Waals surface area contributed by atoms with E-state index >= 15 is 0 Å². The van der Waals surface area contributed by atoms with Gasteiger partial charge in [0.1, 0.15) is 4.88 Å². The Hall–Kier alpha value is -2.35. The number of hydrogen-bond acceptors (Lipinski definition) is 6. The molecule has 0 radical (unpaired) electrons. The van der Waals surface area contributed by atoms with Gasteiger partial charge in [0.25, 0.3) is 5.91 Å². The number of carbonyl (C=O) groups is 1. The molecule has 4 aromatic rings. The Balaban J connectivity index is 1.82. The molecule has 4 rings (SSSR count). The fourth-order valence-corrected chi connectivity index (χ4v) is 5.00. The Kier molecular flexibility index (Phi) is 5.14. The van der Waals surface area contributed by atoms with E-state index in [-0.39, 0.29) is 5.91 Å². The Morgan fingerprint density at radius 2 is 1.96 bits per heavy atom. The molecule has 0 atom stereocenters. The highest BCUT2D eigenvalue weighted by Gasteiger charge is 2.25. The molecule has 0 saturated carbocycles. The molecule has 0 unspecified atom stereocenters. The van der Waals surface area contributed by atoms with Gasteiger partial charge in [0.05, 0.1) is 27.5 Å². The molecule has 1 amide bonds. The number of thiazole rings is 2. The highest BCUT2D eigenvalue weighted by Crippen LogP contribution is 2.35. The van der Waals surface area contributed by atoms with Gasteiger partial charge in [0.15, 0.2) is 5.13 Å². The van der Waals surface area contributed by atoms with Crippen molar-refractivity contribution in [1.29, 1.82) is 0 Å². The van der Waals surface area contributed by atoms with Crippen LogP contribution in [0.3, 0.4) is 0 Å². The molecule has 28 heavy (non-hydrogen) atoms. The minimum atomic E-state index is -0.102. The molecule has 0 aliphatic rings. The van der Waals surface area contributed by atoms with Crippen molar-refractivity contribution in [2.24, 2.45) is 0 Å². The summed E-state index contributed by atoms with van der Waals surface area (Å²) in [4.78, 5) is 29.1. The van der Waals surface area contributed by atoms with Crippen LogP contribution in [0.5, 0.6) is 0 Å². The van der Waals surface area contributed by atoms with E-state index in [1.807, 2.05) is 45.0 Å². The summed E-state index contributed by atoms with van der Waals surface area (Å²) in [6, 6.07) is 7.63. The van der Waals surface area contributed by atoms with Crippen LogP contribution < -0.4 is 4.90 Å². The average Bonchev–Trinajstić information content (AvgIpc) is 3.26. The number of aryl methyl sites for hydroxylation is 3. The van der Waals surface area contributed by atoms with E-state index in [2.05, 4.69) is 9.97 Å². The number of amides is 1. The second-order valence-corrected chi connectivity index (χ2v) is 9.04. The van der Waals surface area contributed by atoms with Gasteiger partial charge in [-0.1, -0.05) is 29.0 Å². The zero-order chi connectivity index (χ0) is 19.8. The second-order valence-electron chi connectivity index (χ2n) is 6.42. The number of carbonyl (C=O) groups excluding carboxylic acids is 1. The Morgan fingerprint density at radius 3 is 2.64 bits per heavy atom. The van der Waals surface area contributed by atoms with E-state index in [1.165, 1.54) is 22.7 Å². The first-order chi connectivity index (χ1) is 13.4. The summed E-state index contributed by atoms with van der Waals surface area (Å²) < 4.78 is 0.998. The van der Waals surface area contributed by atoms with Gasteiger partial charge in [-0.2, -0.15) is 0 Å². The third-order valence-corrected chi connectivity index (χ3v) is 6.89. The van der Waals surface area contributed by atoms with Crippen molar-refractivity contribution in [1.82, 2.24) is 15.0 Å². The summed E-state index contributed by atoms with van der Waals surface area (Å²) in [6.45, 7) is 6.10. The zero-order valence-electron chi connectivity index (χ0n) is 15.6. The predicted molar refractivity (Wildman–Crippen MR) is 116 cm³/mol. The lowest BCUT2D eigenvalue weighted by molar-refractivity contribution is 0.0988. The molecule has 0 aliphatic carbocycles. The van der Waals surface area contributed by atoms with E-state index in [9.17, 15) is 4.79 Å². The number of pyridine rings is 1. The summed E-state index contributed by atoms with van der Waals surface area (Å²) in [7, 11) is 0. The van der Waals surface area contributed by atoms with E-state index in [0.29, 0.717) is 21.6 Å². The van der Waals surface area contributed by atoms with Crippen LogP contribution in [0.25, 0.3) is 10.2 Å². The number of anilines is 1. The first kappa shape index (κ1) is 19.0. The molecule has 0 N–H and O–H groups in total. The molecule has 0 spiro atoms. The van der Waals surface area contributed by atoms with Crippen molar-refractivity contribution in [3.8, 4) is 0 Å². The second kappa shape index (κ2) is 7.58. The molecule has 8 heteroatoms. The van der Waals surface area contributed by atoms with Crippen molar-refractivity contribution < 1.29 is 4.79 Å². The van der Waals surface area contributed by atoms with Gasteiger partial charge in [0.2, 0.25) is 0 Å². The summed E-state index contributed by atoms with van der Waals surface area (Å²) in [5, 5.41) is 2.18. The van der Waals surface area contributed by atoms with Crippen molar-refractivity contribution in [3.63, 3.8) is 0 Å². The van der Waals surface area contributed by atoms with Crippen LogP contribution >= 0.6 is 34.3 Å². The number of nitrogens with zero attached hydrogens (tertiary/aromatic N) is 4. The third kappa shape index (κ3) is 3.53. The molecule has 3 heterocycles. The van der Waals surface area contributed by atoms with Crippen LogP contribution in [0.2, 0.25) is 5.02 Å². The van der Waals surface area contributed by atoms with Crippen LogP contribution in [-0.2, 0) is 6.54 Å². The van der Waals surface area contributed by atoms with Crippen molar-refractivity contribution in [3.05, 3.63) is 68.4 Å². The quantitative estimate of drug-likeness (QED) is 0.426. The van der Waals surface area contributed by atoms with Gasteiger partial charge in [-0.15, -0.1) is 11.3 Å². The monoisotopic (exact) mass is 428 g/mol. The Morgan fingerprint density at radius 1 is 1.14 bits per heavy atom. The summed E-state index contributed by atoms with van der Waals surface area (Å²) in [5.41, 5.74) is 3.42. The highest BCUT2D eigenvalue weighted by atomic mass is 35.5. The summed E-state index contributed by atoms with van der Waals surface area (Å²) >= 11 is 9.15. The molecule has 0 fully saturated rings. The minimum absolute atomic E-state index is 0.102. The fraction of sp³-hybridized carbons (Fsp3) is 0.200.